The van der Waals surface area contributed by atoms with Crippen LogP contribution in [-0.4, -0.2) is 43.2 Å². The molecule has 12 heavy (non-hydrogen) atoms. The van der Waals surface area contributed by atoms with E-state index in [0.717, 1.165) is 12.8 Å². The lowest BCUT2D eigenvalue weighted by molar-refractivity contribution is 0.243. The number of hydrogen-bond acceptors (Lipinski definition) is 2. The van der Waals surface area contributed by atoms with Gasteiger partial charge in [-0.1, -0.05) is 6.42 Å². The van der Waals surface area contributed by atoms with Crippen molar-refractivity contribution in [1.82, 2.24) is 8.61 Å². The summed E-state index contributed by atoms with van der Waals surface area (Å²) < 4.78 is 26.2. The van der Waals surface area contributed by atoms with Crippen molar-refractivity contribution in [3.63, 3.8) is 0 Å². The molecule has 0 radical (unpaired) electrons. The first-order chi connectivity index (χ1) is 5.62. The van der Waals surface area contributed by atoms with E-state index in [9.17, 15) is 8.42 Å². The molecule has 4 nitrogen and oxygen atoms in total. The normalized spacial score (nSPS) is 25.8. The summed E-state index contributed by atoms with van der Waals surface area (Å²) in [6.07, 6.45) is 3.23. The summed E-state index contributed by atoms with van der Waals surface area (Å²) in [6, 6.07) is 0.274. The van der Waals surface area contributed by atoms with E-state index in [1.807, 2.05) is 0 Å². The standard InChI is InChI=1S/C7H14N2O2S/c1-8(7-3-2-4-7)12(10,11)9-5-6-9/h7H,2-6H2,1H3. The van der Waals surface area contributed by atoms with Crippen molar-refractivity contribution < 1.29 is 8.42 Å². The van der Waals surface area contributed by atoms with Crippen LogP contribution in [0.3, 0.4) is 0 Å². The van der Waals surface area contributed by atoms with E-state index in [0.29, 0.717) is 13.1 Å². The third-order valence-corrected chi connectivity index (χ3v) is 4.73. The van der Waals surface area contributed by atoms with E-state index in [1.54, 1.807) is 7.05 Å². The minimum absolute atomic E-state index is 0.274. The molecular formula is C7H14N2O2S. The van der Waals surface area contributed by atoms with Crippen LogP contribution in [-0.2, 0) is 10.2 Å². The first kappa shape index (κ1) is 8.47. The predicted molar refractivity (Wildman–Crippen MR) is 45.9 cm³/mol. The van der Waals surface area contributed by atoms with Gasteiger partial charge in [-0.05, 0) is 12.8 Å². The molecule has 0 bridgehead atoms. The number of hydrogen-bond donors (Lipinski definition) is 0. The van der Waals surface area contributed by atoms with Gasteiger partial charge in [0.05, 0.1) is 0 Å². The smallest absolute Gasteiger partial charge is 0.195 e. The summed E-state index contributed by atoms with van der Waals surface area (Å²) in [6.45, 7) is 1.42. The predicted octanol–water partition coefficient (Wildman–Crippen LogP) is 0.0311. The molecule has 0 atom stereocenters. The summed E-state index contributed by atoms with van der Waals surface area (Å²) in [5.41, 5.74) is 0. The topological polar surface area (TPSA) is 40.4 Å². The Hall–Kier alpha value is -0.130. The van der Waals surface area contributed by atoms with Gasteiger partial charge in [-0.15, -0.1) is 0 Å². The molecular weight excluding hydrogens is 176 g/mol. The molecule has 70 valence electrons. The lowest BCUT2D eigenvalue weighted by atomic mass is 9.94. The lowest BCUT2D eigenvalue weighted by Gasteiger charge is -2.33. The van der Waals surface area contributed by atoms with Gasteiger partial charge in [0.25, 0.3) is 10.2 Å². The quantitative estimate of drug-likeness (QED) is 0.589. The van der Waals surface area contributed by atoms with E-state index in [1.165, 1.54) is 15.0 Å². The Morgan fingerprint density at radius 3 is 2.25 bits per heavy atom. The van der Waals surface area contributed by atoms with Gasteiger partial charge >= 0.3 is 0 Å². The highest BCUT2D eigenvalue weighted by molar-refractivity contribution is 7.87. The van der Waals surface area contributed by atoms with Crippen LogP contribution in [0, 0.1) is 0 Å². The van der Waals surface area contributed by atoms with Gasteiger partial charge < -0.3 is 0 Å². The monoisotopic (exact) mass is 190 g/mol. The van der Waals surface area contributed by atoms with Crippen molar-refractivity contribution in [3.05, 3.63) is 0 Å². The fourth-order valence-electron chi connectivity index (χ4n) is 1.39. The van der Waals surface area contributed by atoms with Gasteiger partial charge in [0.2, 0.25) is 0 Å². The Bertz CT molecular complexity index is 267. The zero-order valence-electron chi connectivity index (χ0n) is 7.23. The Labute approximate surface area is 73.3 Å². The highest BCUT2D eigenvalue weighted by Gasteiger charge is 2.39. The first-order valence-electron chi connectivity index (χ1n) is 4.35. The average molecular weight is 190 g/mol. The third kappa shape index (κ3) is 1.26. The molecule has 1 aliphatic heterocycles. The highest BCUT2D eigenvalue weighted by atomic mass is 32.2. The van der Waals surface area contributed by atoms with E-state index in [-0.39, 0.29) is 6.04 Å². The lowest BCUT2D eigenvalue weighted by Crippen LogP contribution is -2.43. The molecule has 0 amide bonds. The maximum Gasteiger partial charge on any atom is 0.282 e. The van der Waals surface area contributed by atoms with Crippen molar-refractivity contribution in [2.75, 3.05) is 20.1 Å². The fourth-order valence-corrected chi connectivity index (χ4v) is 2.89. The molecule has 0 aromatic carbocycles. The summed E-state index contributed by atoms with van der Waals surface area (Å²) in [7, 11) is -1.37. The molecule has 0 spiro atoms. The second-order valence-electron chi connectivity index (χ2n) is 3.51. The van der Waals surface area contributed by atoms with E-state index in [4.69, 9.17) is 0 Å². The van der Waals surface area contributed by atoms with Crippen LogP contribution in [0.15, 0.2) is 0 Å². The van der Waals surface area contributed by atoms with E-state index < -0.39 is 10.2 Å². The molecule has 2 aliphatic rings. The molecule has 1 saturated carbocycles. The zero-order valence-corrected chi connectivity index (χ0v) is 8.05. The van der Waals surface area contributed by atoms with Crippen LogP contribution in [0.2, 0.25) is 0 Å². The Morgan fingerprint density at radius 1 is 1.33 bits per heavy atom. The maximum absolute atomic E-state index is 11.6. The fraction of sp³-hybridized carbons (Fsp3) is 1.00. The zero-order chi connectivity index (χ0) is 8.77. The molecule has 2 rings (SSSR count). The van der Waals surface area contributed by atoms with Crippen molar-refractivity contribution in [2.24, 2.45) is 0 Å². The van der Waals surface area contributed by atoms with Crippen LogP contribution < -0.4 is 0 Å². The Morgan fingerprint density at radius 2 is 1.92 bits per heavy atom. The second-order valence-corrected chi connectivity index (χ2v) is 5.50. The largest absolute Gasteiger partial charge is 0.282 e. The van der Waals surface area contributed by atoms with Crippen molar-refractivity contribution in [3.8, 4) is 0 Å². The molecule has 1 aliphatic carbocycles. The molecule has 0 aromatic rings. The van der Waals surface area contributed by atoms with Gasteiger partial charge in [-0.2, -0.15) is 17.0 Å². The summed E-state index contributed by atoms with van der Waals surface area (Å²) >= 11 is 0. The molecule has 1 heterocycles. The number of rotatable bonds is 3. The first-order valence-corrected chi connectivity index (χ1v) is 5.75. The van der Waals surface area contributed by atoms with Gasteiger partial charge in [-0.3, -0.25) is 0 Å². The minimum Gasteiger partial charge on any atom is -0.195 e. The van der Waals surface area contributed by atoms with E-state index >= 15 is 0 Å². The molecule has 5 heteroatoms. The molecule has 1 saturated heterocycles. The van der Waals surface area contributed by atoms with Gasteiger partial charge in [-0.25, -0.2) is 0 Å². The minimum atomic E-state index is -3.06. The molecule has 0 N–H and O–H groups in total. The second kappa shape index (κ2) is 2.68. The number of nitrogens with zero attached hydrogens (tertiary/aromatic N) is 2. The molecule has 0 unspecified atom stereocenters. The third-order valence-electron chi connectivity index (χ3n) is 2.69. The van der Waals surface area contributed by atoms with Crippen LogP contribution >= 0.6 is 0 Å². The van der Waals surface area contributed by atoms with Crippen molar-refractivity contribution in [1.29, 1.82) is 0 Å². The molecule has 0 aromatic heterocycles. The van der Waals surface area contributed by atoms with E-state index in [2.05, 4.69) is 0 Å². The maximum atomic E-state index is 11.6. The van der Waals surface area contributed by atoms with Crippen molar-refractivity contribution >= 4 is 10.2 Å². The van der Waals surface area contributed by atoms with Crippen LogP contribution in [0.1, 0.15) is 19.3 Å². The Kier molecular flexibility index (Phi) is 1.89. The van der Waals surface area contributed by atoms with Crippen LogP contribution in [0.25, 0.3) is 0 Å². The van der Waals surface area contributed by atoms with Crippen molar-refractivity contribution in [2.45, 2.75) is 25.3 Å². The van der Waals surface area contributed by atoms with Gasteiger partial charge in [0, 0.05) is 26.2 Å². The van der Waals surface area contributed by atoms with Gasteiger partial charge in [0.1, 0.15) is 0 Å². The Balaban J connectivity index is 2.05. The summed E-state index contributed by atoms with van der Waals surface area (Å²) in [4.78, 5) is 0. The van der Waals surface area contributed by atoms with Crippen LogP contribution in [0.5, 0.6) is 0 Å². The summed E-state index contributed by atoms with van der Waals surface area (Å²) in [5, 5.41) is 0. The highest BCUT2D eigenvalue weighted by Crippen LogP contribution is 2.28. The van der Waals surface area contributed by atoms with Crippen LogP contribution in [0.4, 0.5) is 0 Å². The molecule has 2 fully saturated rings. The summed E-state index contributed by atoms with van der Waals surface area (Å²) in [5.74, 6) is 0. The average Bonchev–Trinajstić information content (AvgIpc) is 2.62. The van der Waals surface area contributed by atoms with Gasteiger partial charge in [0.15, 0.2) is 0 Å². The SMILES string of the molecule is CN(C1CCC1)S(=O)(=O)N1CC1.